The number of amides is 2. The lowest BCUT2D eigenvalue weighted by atomic mass is 10.3. The number of nitrogens with zero attached hydrogens (tertiary/aromatic N) is 4. The van der Waals surface area contributed by atoms with Crippen molar-refractivity contribution in [2.45, 2.75) is 6.92 Å². The van der Waals surface area contributed by atoms with Crippen molar-refractivity contribution in [3.63, 3.8) is 0 Å². The summed E-state index contributed by atoms with van der Waals surface area (Å²) in [6, 6.07) is 5.63. The SMILES string of the molecule is CC1=CC(=O)N(Nc2nc(-c3cccs3)ncc2C#N)C1=O. The monoisotopic (exact) mass is 311 g/mol. The van der Waals surface area contributed by atoms with E-state index in [1.54, 1.807) is 6.92 Å². The van der Waals surface area contributed by atoms with E-state index < -0.39 is 11.8 Å². The number of hydrogen-bond acceptors (Lipinski definition) is 7. The van der Waals surface area contributed by atoms with E-state index in [9.17, 15) is 9.59 Å². The van der Waals surface area contributed by atoms with Crippen LogP contribution in [0.3, 0.4) is 0 Å². The van der Waals surface area contributed by atoms with Crippen LogP contribution in [0.5, 0.6) is 0 Å². The molecule has 0 saturated heterocycles. The number of anilines is 1. The van der Waals surface area contributed by atoms with E-state index in [4.69, 9.17) is 5.26 Å². The fourth-order valence-corrected chi connectivity index (χ4v) is 2.54. The fraction of sp³-hybridized carbons (Fsp3) is 0.0714. The van der Waals surface area contributed by atoms with Crippen molar-refractivity contribution in [3.8, 4) is 16.8 Å². The zero-order valence-electron chi connectivity index (χ0n) is 11.4. The number of hydrogen-bond donors (Lipinski definition) is 1. The summed E-state index contributed by atoms with van der Waals surface area (Å²) in [5, 5.41) is 11.8. The van der Waals surface area contributed by atoms with E-state index in [0.29, 0.717) is 11.4 Å². The maximum atomic E-state index is 11.9. The first kappa shape index (κ1) is 13.9. The van der Waals surface area contributed by atoms with Gasteiger partial charge in [-0.15, -0.1) is 11.3 Å². The van der Waals surface area contributed by atoms with E-state index >= 15 is 0 Å². The van der Waals surface area contributed by atoms with Gasteiger partial charge in [-0.1, -0.05) is 6.07 Å². The Morgan fingerprint density at radius 1 is 1.41 bits per heavy atom. The number of rotatable bonds is 3. The van der Waals surface area contributed by atoms with Gasteiger partial charge in [0, 0.05) is 11.6 Å². The average Bonchev–Trinajstić information content (AvgIpc) is 3.12. The van der Waals surface area contributed by atoms with Crippen molar-refractivity contribution in [1.29, 1.82) is 5.26 Å². The van der Waals surface area contributed by atoms with E-state index in [1.807, 2.05) is 23.6 Å². The molecule has 0 bridgehead atoms. The molecule has 3 heterocycles. The maximum absolute atomic E-state index is 11.9. The number of thiophene rings is 1. The Labute approximate surface area is 129 Å². The Morgan fingerprint density at radius 2 is 2.23 bits per heavy atom. The molecular weight excluding hydrogens is 302 g/mol. The number of aromatic nitrogens is 2. The molecule has 1 aliphatic heterocycles. The van der Waals surface area contributed by atoms with Gasteiger partial charge in [0.2, 0.25) is 0 Å². The predicted octanol–water partition coefficient (Wildman–Crippen LogP) is 1.72. The zero-order chi connectivity index (χ0) is 15.7. The van der Waals surface area contributed by atoms with Crippen LogP contribution in [0.1, 0.15) is 12.5 Å². The van der Waals surface area contributed by atoms with Crippen LogP contribution in [0.4, 0.5) is 5.82 Å². The first-order chi connectivity index (χ1) is 10.6. The smallest absolute Gasteiger partial charge is 0.270 e. The topological polar surface area (TPSA) is 99.0 Å². The molecule has 0 saturated carbocycles. The van der Waals surface area contributed by atoms with Gasteiger partial charge in [-0.05, 0) is 18.4 Å². The van der Waals surface area contributed by atoms with Gasteiger partial charge in [-0.2, -0.15) is 10.3 Å². The summed E-state index contributed by atoms with van der Waals surface area (Å²) in [4.78, 5) is 32.8. The molecule has 0 spiro atoms. The lowest BCUT2D eigenvalue weighted by Gasteiger charge is -2.17. The Hall–Kier alpha value is -3.05. The van der Waals surface area contributed by atoms with Crippen molar-refractivity contribution in [2.24, 2.45) is 0 Å². The highest BCUT2D eigenvalue weighted by Gasteiger charge is 2.29. The highest BCUT2D eigenvalue weighted by Crippen LogP contribution is 2.24. The molecule has 2 aromatic heterocycles. The summed E-state index contributed by atoms with van der Waals surface area (Å²) in [6.45, 7) is 1.55. The standard InChI is InChI=1S/C14H9N5O2S/c1-8-5-11(20)19(14(8)21)18-12-9(6-15)7-16-13(17-12)10-3-2-4-22-10/h2-5,7H,1H3,(H,16,17,18). The van der Waals surface area contributed by atoms with Crippen molar-refractivity contribution in [2.75, 3.05) is 5.43 Å². The third-order valence-electron chi connectivity index (χ3n) is 2.97. The quantitative estimate of drug-likeness (QED) is 0.866. The van der Waals surface area contributed by atoms with Crippen LogP contribution in [0, 0.1) is 11.3 Å². The highest BCUT2D eigenvalue weighted by atomic mass is 32.1. The number of nitrogens with one attached hydrogen (secondary N) is 1. The van der Waals surface area contributed by atoms with Gasteiger partial charge in [-0.3, -0.25) is 15.0 Å². The average molecular weight is 311 g/mol. The number of nitriles is 1. The predicted molar refractivity (Wildman–Crippen MR) is 79.3 cm³/mol. The van der Waals surface area contributed by atoms with Crippen LogP contribution in [-0.2, 0) is 9.59 Å². The first-order valence-electron chi connectivity index (χ1n) is 6.24. The molecular formula is C14H9N5O2S. The van der Waals surface area contributed by atoms with Gasteiger partial charge in [-0.25, -0.2) is 9.97 Å². The minimum absolute atomic E-state index is 0.116. The molecule has 0 aliphatic carbocycles. The van der Waals surface area contributed by atoms with Crippen LogP contribution in [0.25, 0.3) is 10.7 Å². The van der Waals surface area contributed by atoms with Gasteiger partial charge < -0.3 is 0 Å². The molecule has 1 aliphatic rings. The Bertz CT molecular complexity index is 835. The van der Waals surface area contributed by atoms with E-state index in [0.717, 1.165) is 9.89 Å². The molecule has 8 heteroatoms. The summed E-state index contributed by atoms with van der Waals surface area (Å²) in [5.41, 5.74) is 3.07. The fourth-order valence-electron chi connectivity index (χ4n) is 1.87. The van der Waals surface area contributed by atoms with E-state index in [2.05, 4.69) is 15.4 Å². The maximum Gasteiger partial charge on any atom is 0.275 e. The summed E-state index contributed by atoms with van der Waals surface area (Å²) in [6.07, 6.45) is 2.58. The second kappa shape index (κ2) is 5.38. The Balaban J connectivity index is 1.96. The molecule has 1 N–H and O–H groups in total. The number of carbonyl (C=O) groups is 2. The third kappa shape index (κ3) is 2.34. The van der Waals surface area contributed by atoms with Gasteiger partial charge in [0.15, 0.2) is 11.6 Å². The molecule has 0 atom stereocenters. The normalized spacial score (nSPS) is 14.0. The molecule has 0 unspecified atom stereocenters. The molecule has 0 radical (unpaired) electrons. The number of hydrazine groups is 1. The molecule has 2 amide bonds. The number of imide groups is 1. The second-order valence-corrected chi connectivity index (χ2v) is 5.41. The molecule has 2 aromatic rings. The van der Waals surface area contributed by atoms with Crippen LogP contribution < -0.4 is 5.43 Å². The van der Waals surface area contributed by atoms with E-state index in [-0.39, 0.29) is 11.4 Å². The molecule has 108 valence electrons. The second-order valence-electron chi connectivity index (χ2n) is 4.46. The highest BCUT2D eigenvalue weighted by molar-refractivity contribution is 7.13. The summed E-state index contributed by atoms with van der Waals surface area (Å²) < 4.78 is 0. The summed E-state index contributed by atoms with van der Waals surface area (Å²) >= 11 is 1.45. The van der Waals surface area contributed by atoms with Crippen molar-refractivity contribution >= 4 is 29.0 Å². The minimum Gasteiger partial charge on any atom is -0.270 e. The lowest BCUT2D eigenvalue weighted by molar-refractivity contribution is -0.135. The largest absolute Gasteiger partial charge is 0.275 e. The Kier molecular flexibility index (Phi) is 3.40. The minimum atomic E-state index is -0.498. The molecule has 3 rings (SSSR count). The first-order valence-corrected chi connectivity index (χ1v) is 7.12. The van der Waals surface area contributed by atoms with Crippen LogP contribution >= 0.6 is 11.3 Å². The molecule has 7 nitrogen and oxygen atoms in total. The van der Waals surface area contributed by atoms with Crippen LogP contribution in [0.2, 0.25) is 0 Å². The van der Waals surface area contributed by atoms with Crippen molar-refractivity contribution < 1.29 is 9.59 Å². The van der Waals surface area contributed by atoms with Crippen molar-refractivity contribution in [3.05, 3.63) is 40.9 Å². The summed E-state index contributed by atoms with van der Waals surface area (Å²) in [5.74, 6) is -0.432. The molecule has 22 heavy (non-hydrogen) atoms. The molecule has 0 fully saturated rings. The molecule has 0 aromatic carbocycles. The van der Waals surface area contributed by atoms with Crippen LogP contribution in [-0.4, -0.2) is 26.8 Å². The van der Waals surface area contributed by atoms with Gasteiger partial charge in [0.25, 0.3) is 11.8 Å². The third-order valence-corrected chi connectivity index (χ3v) is 3.84. The van der Waals surface area contributed by atoms with E-state index in [1.165, 1.54) is 23.6 Å². The van der Waals surface area contributed by atoms with Gasteiger partial charge in [0.1, 0.15) is 11.6 Å². The zero-order valence-corrected chi connectivity index (χ0v) is 12.2. The van der Waals surface area contributed by atoms with Gasteiger partial charge in [0.05, 0.1) is 11.1 Å². The Morgan fingerprint density at radius 3 is 2.82 bits per heavy atom. The van der Waals surface area contributed by atoms with Gasteiger partial charge >= 0.3 is 0 Å². The summed E-state index contributed by atoms with van der Waals surface area (Å²) in [7, 11) is 0. The lowest BCUT2D eigenvalue weighted by Crippen LogP contribution is -2.37. The van der Waals surface area contributed by atoms with Crippen LogP contribution in [0.15, 0.2) is 35.4 Å². The number of carbonyl (C=O) groups excluding carboxylic acids is 2. The van der Waals surface area contributed by atoms with Crippen molar-refractivity contribution in [1.82, 2.24) is 15.0 Å².